The van der Waals surface area contributed by atoms with Crippen LogP contribution in [-0.4, -0.2) is 21.7 Å². The monoisotopic (exact) mass is 804 g/mol. The van der Waals surface area contributed by atoms with Gasteiger partial charge in [0, 0.05) is 35.9 Å². The lowest BCUT2D eigenvalue weighted by Crippen LogP contribution is -2.24. The van der Waals surface area contributed by atoms with Gasteiger partial charge in [-0.15, -0.1) is 13.2 Å². The molecule has 3 aromatic heterocycles. The number of pyridine rings is 3. The Labute approximate surface area is 365 Å². The summed E-state index contributed by atoms with van der Waals surface area (Å²) in [6.07, 6.45) is 22.9. The number of hydrogen-bond acceptors (Lipinski definition) is 4. The Morgan fingerprint density at radius 2 is 1.18 bits per heavy atom. The zero-order valence-electron chi connectivity index (χ0n) is 35.7. The van der Waals surface area contributed by atoms with Gasteiger partial charge in [-0.25, -0.2) is 0 Å². The maximum atomic E-state index is 4.53. The molecule has 0 unspecified atom stereocenters. The van der Waals surface area contributed by atoms with Crippen LogP contribution in [0.15, 0.2) is 219 Å². The molecule has 0 aliphatic carbocycles. The molecule has 0 bridgehead atoms. The van der Waals surface area contributed by atoms with Crippen molar-refractivity contribution in [2.75, 3.05) is 0 Å². The van der Waals surface area contributed by atoms with Gasteiger partial charge in [-0.05, 0) is 141 Å². The average molecular weight is 805 g/mol. The Morgan fingerprint density at radius 1 is 0.597 bits per heavy atom. The maximum Gasteiger partial charge on any atom is 0.0708 e. The zero-order valence-corrected chi connectivity index (χ0v) is 35.7. The fourth-order valence-corrected chi connectivity index (χ4v) is 7.58. The first kappa shape index (κ1) is 43.8. The Kier molecular flexibility index (Phi) is 15.5. The van der Waals surface area contributed by atoms with Crippen LogP contribution in [0.5, 0.6) is 0 Å². The molecule has 304 valence electrons. The molecule has 9 rings (SSSR count). The second kappa shape index (κ2) is 22.0. The Morgan fingerprint density at radius 3 is 1.74 bits per heavy atom. The van der Waals surface area contributed by atoms with Crippen molar-refractivity contribution in [1.29, 1.82) is 0 Å². The standard InChI is InChI=1S/C36H22N2.C12H17N.C8H9N.C2H4/c1-3-28(31-4-2-20-38-34(31)5-1)23-6-8-24(9-7-23)29-14-10-26-13-17-33-30(25-18-21-37-22-19-25)15-11-27-12-16-32(29)35(26)36(27)33;1-4-6-8-9-11-12(13-3)10-7-5-2;1-3-8-7(2)5-4-6-9-8;1-2/h1-22H;4-8,10H,1,3,9,11H2,2H3;3-6H,2H2,1H3;1-2H2/b;7-5-,8-6-,12-10-;8-3+;. The van der Waals surface area contributed by atoms with Gasteiger partial charge < -0.3 is 0 Å². The third kappa shape index (κ3) is 10.1. The summed E-state index contributed by atoms with van der Waals surface area (Å²) >= 11 is 0. The molecule has 0 aliphatic heterocycles. The predicted molar refractivity (Wildman–Crippen MR) is 271 cm³/mol. The van der Waals surface area contributed by atoms with Crippen molar-refractivity contribution in [3.8, 4) is 33.4 Å². The molecule has 0 amide bonds. The SMILES string of the molecule is C=C.C=C/C=C\CC/C(=C/C=C\C)N=C.C=c1cccn/c1=C/C.c1cc(-c2ccc(-c3ccc4ccc5c(-c6ccncc6)ccc6ccc3c4c65)cc2)c2cccnc2c1. The molecular formula is C58H52N4. The maximum absolute atomic E-state index is 4.53. The lowest BCUT2D eigenvalue weighted by atomic mass is 9.87. The third-order valence-corrected chi connectivity index (χ3v) is 10.5. The summed E-state index contributed by atoms with van der Waals surface area (Å²) in [5.74, 6) is 0. The van der Waals surface area contributed by atoms with Gasteiger partial charge in [0.1, 0.15) is 0 Å². The largest absolute Gasteiger partial charge is 0.269 e. The quantitative estimate of drug-likeness (QED) is 0.0632. The molecule has 62 heavy (non-hydrogen) atoms. The van der Waals surface area contributed by atoms with Gasteiger partial charge in [0.15, 0.2) is 0 Å². The summed E-state index contributed by atoms with van der Waals surface area (Å²) in [7, 11) is 0. The van der Waals surface area contributed by atoms with E-state index in [2.05, 4.69) is 168 Å². The lowest BCUT2D eigenvalue weighted by molar-refractivity contribution is 0.964. The van der Waals surface area contributed by atoms with Crippen molar-refractivity contribution in [1.82, 2.24) is 15.0 Å². The summed E-state index contributed by atoms with van der Waals surface area (Å²) in [6.45, 7) is 20.8. The molecular weight excluding hydrogens is 753 g/mol. The highest BCUT2D eigenvalue weighted by molar-refractivity contribution is 6.27. The Bertz CT molecular complexity index is 3120. The van der Waals surface area contributed by atoms with E-state index < -0.39 is 0 Å². The zero-order chi connectivity index (χ0) is 43.7. The summed E-state index contributed by atoms with van der Waals surface area (Å²) in [4.78, 5) is 16.7. The minimum atomic E-state index is 0.929. The summed E-state index contributed by atoms with van der Waals surface area (Å²) < 4.78 is 0. The van der Waals surface area contributed by atoms with E-state index in [0.29, 0.717) is 0 Å². The molecule has 0 saturated carbocycles. The number of rotatable bonds is 9. The van der Waals surface area contributed by atoms with Gasteiger partial charge in [0.2, 0.25) is 0 Å². The van der Waals surface area contributed by atoms with Crippen molar-refractivity contribution in [3.05, 3.63) is 225 Å². The number of aromatic nitrogens is 3. The van der Waals surface area contributed by atoms with Crippen molar-refractivity contribution in [3.63, 3.8) is 0 Å². The summed E-state index contributed by atoms with van der Waals surface area (Å²) in [6, 6.07) is 45.5. The number of aliphatic imine (C=N–C) groups is 1. The molecule has 3 heterocycles. The van der Waals surface area contributed by atoms with Crippen molar-refractivity contribution in [2.24, 2.45) is 4.99 Å². The minimum absolute atomic E-state index is 0.929. The Balaban J connectivity index is 0.000000221. The van der Waals surface area contributed by atoms with Gasteiger partial charge in [-0.3, -0.25) is 19.9 Å². The molecule has 0 N–H and O–H groups in total. The van der Waals surface area contributed by atoms with Crippen molar-refractivity contribution in [2.45, 2.75) is 26.7 Å². The van der Waals surface area contributed by atoms with Crippen LogP contribution in [-0.2, 0) is 0 Å². The number of benzene rings is 6. The molecule has 4 heteroatoms. The van der Waals surface area contributed by atoms with Crippen molar-refractivity contribution >= 4 is 62.6 Å². The normalized spacial score (nSPS) is 11.6. The molecule has 0 atom stereocenters. The number of nitrogens with zero attached hydrogens (tertiary/aromatic N) is 4. The summed E-state index contributed by atoms with van der Waals surface area (Å²) in [5, 5.41) is 10.9. The van der Waals surface area contributed by atoms with Gasteiger partial charge in [0.25, 0.3) is 0 Å². The van der Waals surface area contributed by atoms with Crippen LogP contribution in [0.1, 0.15) is 26.7 Å². The molecule has 9 aromatic rings. The molecule has 0 saturated heterocycles. The van der Waals surface area contributed by atoms with E-state index in [1.54, 1.807) is 12.3 Å². The second-order valence-electron chi connectivity index (χ2n) is 14.2. The highest BCUT2D eigenvalue weighted by Gasteiger charge is 2.15. The van der Waals surface area contributed by atoms with Gasteiger partial charge in [0.05, 0.1) is 10.9 Å². The van der Waals surface area contributed by atoms with E-state index in [4.69, 9.17) is 0 Å². The second-order valence-corrected chi connectivity index (χ2v) is 14.2. The van der Waals surface area contributed by atoms with E-state index in [-0.39, 0.29) is 0 Å². The molecule has 6 aromatic carbocycles. The fraction of sp³-hybridized carbons (Fsp3) is 0.0690. The molecule has 0 radical (unpaired) electrons. The van der Waals surface area contributed by atoms with Gasteiger partial charge in [-0.1, -0.05) is 147 Å². The molecule has 0 fully saturated rings. The first-order valence-electron chi connectivity index (χ1n) is 20.7. The molecule has 4 nitrogen and oxygen atoms in total. The average Bonchev–Trinajstić information content (AvgIpc) is 3.34. The predicted octanol–water partition coefficient (Wildman–Crippen LogP) is 14.3. The van der Waals surface area contributed by atoms with Crippen LogP contribution < -0.4 is 10.6 Å². The summed E-state index contributed by atoms with van der Waals surface area (Å²) in [5.41, 5.74) is 9.37. The van der Waals surface area contributed by atoms with Gasteiger partial charge >= 0.3 is 0 Å². The van der Waals surface area contributed by atoms with Crippen LogP contribution in [0, 0.1) is 0 Å². The van der Waals surface area contributed by atoms with Crippen LogP contribution in [0.2, 0.25) is 0 Å². The lowest BCUT2D eigenvalue weighted by Gasteiger charge is -2.16. The van der Waals surface area contributed by atoms with E-state index in [9.17, 15) is 0 Å². The van der Waals surface area contributed by atoms with Crippen LogP contribution in [0.4, 0.5) is 0 Å². The van der Waals surface area contributed by atoms with Crippen LogP contribution in [0.3, 0.4) is 0 Å². The Hall–Kier alpha value is -7.82. The van der Waals surface area contributed by atoms with E-state index in [1.165, 1.54) is 71.1 Å². The smallest absolute Gasteiger partial charge is 0.0708 e. The number of allylic oxidation sites excluding steroid dienone is 7. The highest BCUT2D eigenvalue weighted by atomic mass is 14.7. The van der Waals surface area contributed by atoms with Gasteiger partial charge in [-0.2, -0.15) is 0 Å². The number of hydrogen-bond donors (Lipinski definition) is 0. The minimum Gasteiger partial charge on any atom is -0.269 e. The number of fused-ring (bicyclic) bond motifs is 1. The van der Waals surface area contributed by atoms with E-state index >= 15 is 0 Å². The molecule has 0 spiro atoms. The topological polar surface area (TPSA) is 51.0 Å². The third-order valence-electron chi connectivity index (χ3n) is 10.5. The van der Waals surface area contributed by atoms with Crippen LogP contribution >= 0.6 is 0 Å². The van der Waals surface area contributed by atoms with E-state index in [1.807, 2.05) is 81.0 Å². The first-order chi connectivity index (χ1) is 30.5. The van der Waals surface area contributed by atoms with Crippen molar-refractivity contribution < 1.29 is 0 Å². The highest BCUT2D eigenvalue weighted by Crippen LogP contribution is 2.42. The van der Waals surface area contributed by atoms with E-state index in [0.717, 1.165) is 34.6 Å². The van der Waals surface area contributed by atoms with Crippen LogP contribution in [0.25, 0.3) is 89.3 Å². The molecule has 0 aliphatic rings. The first-order valence-corrected chi connectivity index (χ1v) is 20.7. The fourth-order valence-electron chi connectivity index (χ4n) is 7.58.